The standard InChI is InChI=1S/C14H10BrClFNO/c1-8-2-4-10(7-12(8)16)18-14(19)9-3-5-13(17)11(15)6-9/h2-7H,1H3,(H,18,19). The molecule has 0 spiro atoms. The van der Waals surface area contributed by atoms with E-state index in [0.717, 1.165) is 5.56 Å². The molecule has 19 heavy (non-hydrogen) atoms. The van der Waals surface area contributed by atoms with Gasteiger partial charge in [-0.25, -0.2) is 4.39 Å². The molecule has 0 aliphatic carbocycles. The second kappa shape index (κ2) is 5.72. The molecule has 2 aromatic carbocycles. The lowest BCUT2D eigenvalue weighted by Crippen LogP contribution is -2.12. The third-order valence-electron chi connectivity index (χ3n) is 2.61. The Labute approximate surface area is 123 Å². The molecule has 0 aliphatic heterocycles. The van der Waals surface area contributed by atoms with Crippen LogP contribution in [0.1, 0.15) is 15.9 Å². The van der Waals surface area contributed by atoms with Crippen LogP contribution in [-0.4, -0.2) is 5.91 Å². The number of hydrogen-bond donors (Lipinski definition) is 1. The topological polar surface area (TPSA) is 29.1 Å². The van der Waals surface area contributed by atoms with Crippen LogP contribution in [0.2, 0.25) is 5.02 Å². The van der Waals surface area contributed by atoms with Gasteiger partial charge in [0.2, 0.25) is 0 Å². The number of anilines is 1. The van der Waals surface area contributed by atoms with Crippen LogP contribution < -0.4 is 5.32 Å². The van der Waals surface area contributed by atoms with Gasteiger partial charge in [0.1, 0.15) is 5.82 Å². The van der Waals surface area contributed by atoms with Crippen molar-refractivity contribution in [3.8, 4) is 0 Å². The number of hydrogen-bond acceptors (Lipinski definition) is 1. The van der Waals surface area contributed by atoms with Gasteiger partial charge in [-0.1, -0.05) is 17.7 Å². The Morgan fingerprint density at radius 3 is 2.63 bits per heavy atom. The van der Waals surface area contributed by atoms with Crippen LogP contribution in [0, 0.1) is 12.7 Å². The summed E-state index contributed by atoms with van der Waals surface area (Å²) >= 11 is 9.03. The summed E-state index contributed by atoms with van der Waals surface area (Å²) in [4.78, 5) is 12.0. The zero-order valence-corrected chi connectivity index (χ0v) is 12.3. The minimum atomic E-state index is -0.407. The maximum Gasteiger partial charge on any atom is 0.255 e. The van der Waals surface area contributed by atoms with Crippen molar-refractivity contribution in [3.05, 3.63) is 62.8 Å². The lowest BCUT2D eigenvalue weighted by atomic mass is 10.2. The lowest BCUT2D eigenvalue weighted by Gasteiger charge is -2.07. The zero-order chi connectivity index (χ0) is 14.0. The van der Waals surface area contributed by atoms with Gasteiger partial charge in [0.05, 0.1) is 4.47 Å². The van der Waals surface area contributed by atoms with Gasteiger partial charge < -0.3 is 5.32 Å². The Bertz CT molecular complexity index is 645. The third-order valence-corrected chi connectivity index (χ3v) is 3.63. The van der Waals surface area contributed by atoms with E-state index in [-0.39, 0.29) is 10.4 Å². The number of aryl methyl sites for hydroxylation is 1. The van der Waals surface area contributed by atoms with E-state index in [1.807, 2.05) is 13.0 Å². The highest BCUT2D eigenvalue weighted by Crippen LogP contribution is 2.21. The Hall–Kier alpha value is -1.39. The summed E-state index contributed by atoms with van der Waals surface area (Å²) in [5.41, 5.74) is 1.90. The van der Waals surface area contributed by atoms with Gasteiger partial charge in [0.25, 0.3) is 5.91 Å². The van der Waals surface area contributed by atoms with Crippen LogP contribution in [-0.2, 0) is 0 Å². The maximum absolute atomic E-state index is 13.1. The van der Waals surface area contributed by atoms with Gasteiger partial charge in [-0.3, -0.25) is 4.79 Å². The fraction of sp³-hybridized carbons (Fsp3) is 0.0714. The highest BCUT2D eigenvalue weighted by Gasteiger charge is 2.09. The van der Waals surface area contributed by atoms with Crippen LogP contribution in [0.15, 0.2) is 40.9 Å². The molecule has 2 nitrogen and oxygen atoms in total. The molecule has 0 unspecified atom stereocenters. The van der Waals surface area contributed by atoms with E-state index >= 15 is 0 Å². The smallest absolute Gasteiger partial charge is 0.255 e. The number of nitrogens with one attached hydrogen (secondary N) is 1. The van der Waals surface area contributed by atoms with E-state index < -0.39 is 5.82 Å². The summed E-state index contributed by atoms with van der Waals surface area (Å²) in [6, 6.07) is 9.34. The first-order valence-corrected chi connectivity index (χ1v) is 6.67. The van der Waals surface area contributed by atoms with Crippen LogP contribution in [0.5, 0.6) is 0 Å². The van der Waals surface area contributed by atoms with E-state index in [1.54, 1.807) is 12.1 Å². The minimum absolute atomic E-state index is 0.252. The summed E-state index contributed by atoms with van der Waals surface area (Å²) in [6.07, 6.45) is 0. The maximum atomic E-state index is 13.1. The molecule has 2 aromatic rings. The highest BCUT2D eigenvalue weighted by atomic mass is 79.9. The van der Waals surface area contributed by atoms with Crippen molar-refractivity contribution in [2.75, 3.05) is 5.32 Å². The molecule has 0 atom stereocenters. The zero-order valence-electron chi connectivity index (χ0n) is 10.0. The van der Waals surface area contributed by atoms with Crippen molar-refractivity contribution in [2.45, 2.75) is 6.92 Å². The predicted octanol–water partition coefficient (Wildman–Crippen LogP) is 4.80. The van der Waals surface area contributed by atoms with Gasteiger partial charge in [-0.05, 0) is 58.7 Å². The quantitative estimate of drug-likeness (QED) is 0.834. The number of amides is 1. The van der Waals surface area contributed by atoms with Crippen LogP contribution in [0.4, 0.5) is 10.1 Å². The molecule has 0 radical (unpaired) electrons. The predicted molar refractivity (Wildman–Crippen MR) is 78.2 cm³/mol. The van der Waals surface area contributed by atoms with Crippen molar-refractivity contribution in [3.63, 3.8) is 0 Å². The monoisotopic (exact) mass is 341 g/mol. The number of halogens is 3. The second-order valence-corrected chi connectivity index (χ2v) is 5.31. The molecule has 0 heterocycles. The summed E-state index contributed by atoms with van der Waals surface area (Å²) < 4.78 is 13.3. The summed E-state index contributed by atoms with van der Waals surface area (Å²) in [7, 11) is 0. The number of carbonyl (C=O) groups excluding carboxylic acids is 1. The molecule has 5 heteroatoms. The molecule has 0 aliphatic rings. The molecule has 1 N–H and O–H groups in total. The number of rotatable bonds is 2. The van der Waals surface area contributed by atoms with Gasteiger partial charge >= 0.3 is 0 Å². The summed E-state index contributed by atoms with van der Waals surface area (Å²) in [6.45, 7) is 1.88. The van der Waals surface area contributed by atoms with Crippen molar-refractivity contribution < 1.29 is 9.18 Å². The van der Waals surface area contributed by atoms with Crippen molar-refractivity contribution in [2.24, 2.45) is 0 Å². The summed E-state index contributed by atoms with van der Waals surface area (Å²) in [5.74, 6) is -0.726. The summed E-state index contributed by atoms with van der Waals surface area (Å²) in [5, 5.41) is 3.29. The fourth-order valence-corrected chi connectivity index (χ4v) is 2.07. The van der Waals surface area contributed by atoms with E-state index in [2.05, 4.69) is 21.2 Å². The van der Waals surface area contributed by atoms with E-state index in [1.165, 1.54) is 18.2 Å². The van der Waals surface area contributed by atoms with Gasteiger partial charge in [-0.15, -0.1) is 0 Å². The van der Waals surface area contributed by atoms with Crippen molar-refractivity contribution in [1.29, 1.82) is 0 Å². The van der Waals surface area contributed by atoms with E-state index in [4.69, 9.17) is 11.6 Å². The Morgan fingerprint density at radius 1 is 1.26 bits per heavy atom. The Morgan fingerprint density at radius 2 is 2.00 bits per heavy atom. The van der Waals surface area contributed by atoms with Gasteiger partial charge in [0.15, 0.2) is 0 Å². The normalized spacial score (nSPS) is 10.3. The number of benzene rings is 2. The Balaban J connectivity index is 2.20. The molecule has 98 valence electrons. The third kappa shape index (κ3) is 3.33. The molecule has 0 fully saturated rings. The molecule has 0 bridgehead atoms. The van der Waals surface area contributed by atoms with Crippen LogP contribution in [0.3, 0.4) is 0 Å². The first-order valence-electron chi connectivity index (χ1n) is 5.50. The molecule has 0 saturated heterocycles. The highest BCUT2D eigenvalue weighted by molar-refractivity contribution is 9.10. The molecule has 1 amide bonds. The Kier molecular flexibility index (Phi) is 4.22. The van der Waals surface area contributed by atoms with Crippen molar-refractivity contribution in [1.82, 2.24) is 0 Å². The first-order chi connectivity index (χ1) is 8.97. The van der Waals surface area contributed by atoms with E-state index in [0.29, 0.717) is 16.3 Å². The van der Waals surface area contributed by atoms with Crippen LogP contribution in [0.25, 0.3) is 0 Å². The largest absolute Gasteiger partial charge is 0.322 e. The average Bonchev–Trinajstić information content (AvgIpc) is 2.37. The fourth-order valence-electron chi connectivity index (χ4n) is 1.51. The van der Waals surface area contributed by atoms with E-state index in [9.17, 15) is 9.18 Å². The SMILES string of the molecule is Cc1ccc(NC(=O)c2ccc(F)c(Br)c2)cc1Cl. The average molecular weight is 343 g/mol. The second-order valence-electron chi connectivity index (χ2n) is 4.05. The molecular formula is C14H10BrClFNO. The van der Waals surface area contributed by atoms with Crippen molar-refractivity contribution >= 4 is 39.1 Å². The first kappa shape index (κ1) is 14.0. The van der Waals surface area contributed by atoms with Crippen LogP contribution >= 0.6 is 27.5 Å². The minimum Gasteiger partial charge on any atom is -0.322 e. The van der Waals surface area contributed by atoms with Gasteiger partial charge in [0, 0.05) is 16.3 Å². The lowest BCUT2D eigenvalue weighted by molar-refractivity contribution is 0.102. The number of carbonyl (C=O) groups is 1. The molecule has 0 aromatic heterocycles. The molecular weight excluding hydrogens is 333 g/mol. The molecule has 0 saturated carbocycles. The molecule has 2 rings (SSSR count). The van der Waals surface area contributed by atoms with Gasteiger partial charge in [-0.2, -0.15) is 0 Å².